The Morgan fingerprint density at radius 3 is 2.44 bits per heavy atom. The van der Waals surface area contributed by atoms with Crippen LogP contribution in [-0.4, -0.2) is 29.3 Å². The molecule has 0 aliphatic rings. The highest BCUT2D eigenvalue weighted by Crippen LogP contribution is 2.25. The maximum Gasteiger partial charge on any atom is 0.333 e. The van der Waals surface area contributed by atoms with Crippen molar-refractivity contribution in [1.29, 1.82) is 0 Å². The Morgan fingerprint density at radius 2 is 1.72 bits per heavy atom. The summed E-state index contributed by atoms with van der Waals surface area (Å²) in [6, 6.07) is 21.0. The van der Waals surface area contributed by atoms with Crippen LogP contribution in [0.5, 0.6) is 5.75 Å². The van der Waals surface area contributed by atoms with Crippen LogP contribution in [0.4, 0.5) is 10.2 Å². The van der Waals surface area contributed by atoms with E-state index < -0.39 is 12.0 Å². The van der Waals surface area contributed by atoms with E-state index in [-0.39, 0.29) is 18.0 Å². The maximum absolute atomic E-state index is 13.6. The first-order valence-corrected chi connectivity index (χ1v) is 11.2. The summed E-state index contributed by atoms with van der Waals surface area (Å²) in [7, 11) is 0. The van der Waals surface area contributed by atoms with Gasteiger partial charge in [0.05, 0.1) is 23.6 Å². The number of nitrogens with one attached hydrogen (secondary N) is 1. The molecular weight excluding hydrogens is 461 g/mol. The zero-order chi connectivity index (χ0) is 25.1. The number of benzene rings is 2. The molecule has 0 fully saturated rings. The van der Waals surface area contributed by atoms with Gasteiger partial charge in [0.1, 0.15) is 17.4 Å². The Labute approximate surface area is 205 Å². The number of pyridine rings is 2. The number of hydrogen-bond donors (Lipinski definition) is 3. The molecule has 0 aliphatic carbocycles. The fraction of sp³-hybridized carbons (Fsp3) is 0.0741. The van der Waals surface area contributed by atoms with E-state index in [0.717, 1.165) is 5.56 Å². The second kappa shape index (κ2) is 9.85. The summed E-state index contributed by atoms with van der Waals surface area (Å²) in [6.07, 6.45) is 3.79. The van der Waals surface area contributed by atoms with Crippen molar-refractivity contribution in [2.45, 2.75) is 12.8 Å². The molecule has 0 unspecified atom stereocenters. The molecule has 3 aromatic heterocycles. The molecule has 3 N–H and O–H groups in total. The van der Waals surface area contributed by atoms with Crippen LogP contribution < -0.4 is 11.0 Å². The summed E-state index contributed by atoms with van der Waals surface area (Å²) >= 11 is 0. The van der Waals surface area contributed by atoms with Crippen molar-refractivity contribution in [2.75, 3.05) is 5.32 Å². The van der Waals surface area contributed by atoms with Crippen molar-refractivity contribution in [2.24, 2.45) is 0 Å². The summed E-state index contributed by atoms with van der Waals surface area (Å²) in [5.74, 6) is 0.117. The normalized spacial score (nSPS) is 11.8. The number of phenols is 1. The molecule has 36 heavy (non-hydrogen) atoms. The van der Waals surface area contributed by atoms with Gasteiger partial charge in [-0.3, -0.25) is 14.1 Å². The number of aliphatic hydroxyl groups is 1. The lowest BCUT2D eigenvalue weighted by molar-refractivity contribution is 0.203. The van der Waals surface area contributed by atoms with Crippen LogP contribution >= 0.6 is 0 Å². The van der Waals surface area contributed by atoms with E-state index in [0.29, 0.717) is 28.5 Å². The fourth-order valence-corrected chi connectivity index (χ4v) is 3.87. The minimum Gasteiger partial charge on any atom is -0.508 e. The van der Waals surface area contributed by atoms with Gasteiger partial charge in [-0.2, -0.15) is 0 Å². The van der Waals surface area contributed by atoms with Crippen LogP contribution in [0.1, 0.15) is 17.5 Å². The quantitative estimate of drug-likeness (QED) is 0.301. The SMILES string of the molecule is O=c1n(Cc2ccc(O)cc2)cc(-c2ccnc(N[C@@H](O)c3ccccn3)c2)n1-c1ccc(F)cc1. The Morgan fingerprint density at radius 1 is 0.944 bits per heavy atom. The number of nitrogens with zero attached hydrogens (tertiary/aromatic N) is 4. The van der Waals surface area contributed by atoms with Gasteiger partial charge in [0.15, 0.2) is 6.23 Å². The van der Waals surface area contributed by atoms with Crippen molar-refractivity contribution in [3.05, 3.63) is 125 Å². The summed E-state index contributed by atoms with van der Waals surface area (Å²) in [6.45, 7) is 0.273. The van der Waals surface area contributed by atoms with E-state index in [1.807, 2.05) is 0 Å². The van der Waals surface area contributed by atoms with Gasteiger partial charge in [-0.25, -0.2) is 14.2 Å². The molecule has 5 rings (SSSR count). The molecule has 1 atom stereocenters. The number of halogens is 1. The smallest absolute Gasteiger partial charge is 0.333 e. The van der Waals surface area contributed by atoms with E-state index >= 15 is 0 Å². The van der Waals surface area contributed by atoms with Gasteiger partial charge < -0.3 is 15.5 Å². The van der Waals surface area contributed by atoms with Gasteiger partial charge in [0, 0.05) is 24.2 Å². The number of phenolic OH excluding ortho intramolecular Hbond substituents is 1. The first kappa shape index (κ1) is 23.0. The summed E-state index contributed by atoms with van der Waals surface area (Å²) in [4.78, 5) is 21.9. The van der Waals surface area contributed by atoms with Crippen molar-refractivity contribution in [3.8, 4) is 22.7 Å². The lowest BCUT2D eigenvalue weighted by Gasteiger charge is -2.14. The van der Waals surface area contributed by atoms with Crippen molar-refractivity contribution in [3.63, 3.8) is 0 Å². The molecule has 0 radical (unpaired) electrons. The fourth-order valence-electron chi connectivity index (χ4n) is 3.87. The molecule has 0 amide bonds. The first-order chi connectivity index (χ1) is 17.5. The molecule has 0 spiro atoms. The molecule has 8 nitrogen and oxygen atoms in total. The minimum absolute atomic E-state index is 0.139. The van der Waals surface area contributed by atoms with Crippen LogP contribution in [0.2, 0.25) is 0 Å². The van der Waals surface area contributed by atoms with Gasteiger partial charge in [-0.05, 0) is 66.2 Å². The third-order valence-electron chi connectivity index (χ3n) is 5.64. The average Bonchev–Trinajstić information content (AvgIpc) is 3.22. The minimum atomic E-state index is -1.08. The van der Waals surface area contributed by atoms with Gasteiger partial charge in [0.2, 0.25) is 0 Å². The Bertz CT molecular complexity index is 1530. The van der Waals surface area contributed by atoms with E-state index in [1.165, 1.54) is 28.8 Å². The van der Waals surface area contributed by atoms with Crippen LogP contribution in [-0.2, 0) is 6.54 Å². The Kier molecular flexibility index (Phi) is 6.29. The molecule has 0 saturated carbocycles. The third kappa shape index (κ3) is 4.86. The highest BCUT2D eigenvalue weighted by Gasteiger charge is 2.17. The average molecular weight is 484 g/mol. The molecular formula is C27H22FN5O3. The molecule has 0 aliphatic heterocycles. The molecule has 5 aromatic rings. The second-order valence-electron chi connectivity index (χ2n) is 8.13. The third-order valence-corrected chi connectivity index (χ3v) is 5.64. The summed E-state index contributed by atoms with van der Waals surface area (Å²) < 4.78 is 16.6. The van der Waals surface area contributed by atoms with Gasteiger partial charge in [-0.15, -0.1) is 0 Å². The predicted octanol–water partition coefficient (Wildman–Crippen LogP) is 4.09. The zero-order valence-corrected chi connectivity index (χ0v) is 19.0. The van der Waals surface area contributed by atoms with E-state index in [1.54, 1.807) is 77.8 Å². The van der Waals surface area contributed by atoms with Gasteiger partial charge in [-0.1, -0.05) is 18.2 Å². The predicted molar refractivity (Wildman–Crippen MR) is 133 cm³/mol. The van der Waals surface area contributed by atoms with Crippen LogP contribution in [0.15, 0.2) is 102 Å². The number of aromatic nitrogens is 4. The highest BCUT2D eigenvalue weighted by molar-refractivity contribution is 5.65. The van der Waals surface area contributed by atoms with Crippen LogP contribution in [0.3, 0.4) is 0 Å². The van der Waals surface area contributed by atoms with Crippen molar-refractivity contribution >= 4 is 5.82 Å². The first-order valence-electron chi connectivity index (χ1n) is 11.2. The molecule has 0 bridgehead atoms. The zero-order valence-electron chi connectivity index (χ0n) is 19.0. The standard InChI is InChI=1S/C27H22FN5O3/c28-20-6-8-21(9-7-20)33-24(17-32(27(33)36)16-18-4-10-22(34)11-5-18)19-12-14-30-25(15-19)31-26(35)23-3-1-2-13-29-23/h1-15,17,26,34-35H,16H2,(H,30,31)/t26-/m0/s1. The Balaban J connectivity index is 1.55. The molecule has 0 saturated heterocycles. The monoisotopic (exact) mass is 483 g/mol. The van der Waals surface area contributed by atoms with Gasteiger partial charge in [0.25, 0.3) is 0 Å². The summed E-state index contributed by atoms with van der Waals surface area (Å²) in [5, 5.41) is 23.0. The Hall–Kier alpha value is -4.76. The largest absolute Gasteiger partial charge is 0.508 e. The summed E-state index contributed by atoms with van der Waals surface area (Å²) in [5.41, 5.74) is 2.67. The number of aromatic hydroxyl groups is 1. The van der Waals surface area contributed by atoms with Crippen molar-refractivity contribution < 1.29 is 14.6 Å². The lowest BCUT2D eigenvalue weighted by atomic mass is 10.2. The van der Waals surface area contributed by atoms with Crippen LogP contribution in [0, 0.1) is 5.82 Å². The highest BCUT2D eigenvalue weighted by atomic mass is 19.1. The second-order valence-corrected chi connectivity index (χ2v) is 8.13. The van der Waals surface area contributed by atoms with E-state index in [2.05, 4.69) is 15.3 Å². The lowest BCUT2D eigenvalue weighted by Crippen LogP contribution is -2.23. The van der Waals surface area contributed by atoms with Crippen molar-refractivity contribution in [1.82, 2.24) is 19.1 Å². The van der Waals surface area contributed by atoms with E-state index in [4.69, 9.17) is 0 Å². The number of imidazole rings is 1. The molecule has 180 valence electrons. The molecule has 9 heteroatoms. The van der Waals surface area contributed by atoms with E-state index in [9.17, 15) is 19.4 Å². The number of rotatable bonds is 7. The topological polar surface area (TPSA) is 105 Å². The van der Waals surface area contributed by atoms with Crippen LogP contribution in [0.25, 0.3) is 16.9 Å². The maximum atomic E-state index is 13.6. The van der Waals surface area contributed by atoms with Gasteiger partial charge >= 0.3 is 5.69 Å². The number of aliphatic hydroxyl groups excluding tert-OH is 1. The molecule has 2 aromatic carbocycles. The number of anilines is 1. The number of hydrogen-bond acceptors (Lipinski definition) is 6. The molecule has 3 heterocycles.